The topological polar surface area (TPSA) is 64.6 Å². The zero-order valence-corrected chi connectivity index (χ0v) is 28.9. The Morgan fingerprint density at radius 2 is 0.788 bits per heavy atom. The summed E-state index contributed by atoms with van der Waals surface area (Å²) in [6, 6.07) is 3.81. The van der Waals surface area contributed by atoms with Crippen LogP contribution in [0.25, 0.3) is 0 Å². The molecule has 0 atom stereocenters. The van der Waals surface area contributed by atoms with Crippen LogP contribution in [0.3, 0.4) is 0 Å². The molecule has 0 aromatic carbocycles. The van der Waals surface area contributed by atoms with Crippen molar-refractivity contribution in [3.63, 3.8) is 0 Å². The van der Waals surface area contributed by atoms with Crippen LogP contribution in [0.4, 0.5) is 0 Å². The molecule has 0 amide bonds. The fourth-order valence-corrected chi connectivity index (χ4v) is 9.44. The van der Waals surface area contributed by atoms with E-state index in [9.17, 15) is 0 Å². The van der Waals surface area contributed by atoms with Gasteiger partial charge in [-0.3, -0.25) is 0 Å². The zero-order chi connectivity index (χ0) is 24.8. The van der Waals surface area contributed by atoms with Gasteiger partial charge in [0, 0.05) is 42.7 Å². The van der Waals surface area contributed by atoms with Gasteiger partial charge in [-0.25, -0.2) is 0 Å². The SMILES string of the molecule is COC(OC)[SiH2]CCCCC(CCCC[SiH2]C(OC)OC)(CCCC[SiH2]C(OC)OC)O[SiH3]. The van der Waals surface area contributed by atoms with Crippen molar-refractivity contribution in [1.82, 2.24) is 0 Å². The summed E-state index contributed by atoms with van der Waals surface area (Å²) in [4.78, 5) is 0. The smallest absolute Gasteiger partial charge is 0.146 e. The molecule has 200 valence electrons. The van der Waals surface area contributed by atoms with Gasteiger partial charge in [0.05, 0.1) is 34.2 Å². The van der Waals surface area contributed by atoms with Gasteiger partial charge in [0.15, 0.2) is 0 Å². The average molecular weight is 543 g/mol. The highest BCUT2D eigenvalue weighted by molar-refractivity contribution is 6.37. The monoisotopic (exact) mass is 542 g/mol. The molecule has 0 radical (unpaired) electrons. The maximum absolute atomic E-state index is 6.37. The van der Waals surface area contributed by atoms with Crippen LogP contribution in [-0.2, 0) is 32.8 Å². The first-order valence-electron chi connectivity index (χ1n) is 12.8. The summed E-state index contributed by atoms with van der Waals surface area (Å²) in [5.74, 6) is 0.178. The number of ether oxygens (including phenoxy) is 6. The summed E-state index contributed by atoms with van der Waals surface area (Å²) in [5, 5.41) is 0. The first-order chi connectivity index (χ1) is 16.0. The van der Waals surface area contributed by atoms with Crippen LogP contribution in [0.2, 0.25) is 18.1 Å². The number of hydrogen-bond acceptors (Lipinski definition) is 7. The summed E-state index contributed by atoms with van der Waals surface area (Å²) < 4.78 is 38.6. The lowest BCUT2D eigenvalue weighted by molar-refractivity contribution is -0.0442. The summed E-state index contributed by atoms with van der Waals surface area (Å²) in [7, 11) is 10.3. The van der Waals surface area contributed by atoms with Crippen molar-refractivity contribution in [1.29, 1.82) is 0 Å². The Kier molecular flexibility index (Phi) is 23.4. The van der Waals surface area contributed by atoms with Crippen molar-refractivity contribution in [3.8, 4) is 0 Å². The molecule has 33 heavy (non-hydrogen) atoms. The van der Waals surface area contributed by atoms with E-state index in [0.717, 1.165) is 10.5 Å². The predicted octanol–water partition coefficient (Wildman–Crippen LogP) is 1.02. The molecule has 0 aromatic heterocycles. The van der Waals surface area contributed by atoms with Gasteiger partial charge < -0.3 is 32.8 Å². The van der Waals surface area contributed by atoms with E-state index >= 15 is 0 Å². The van der Waals surface area contributed by atoms with Crippen molar-refractivity contribution in [2.45, 2.75) is 99.3 Å². The molecule has 0 heterocycles. The number of hydrogen-bond donors (Lipinski definition) is 0. The molecule has 0 saturated carbocycles. The molecule has 0 bridgehead atoms. The van der Waals surface area contributed by atoms with Gasteiger partial charge in [-0.05, 0) is 19.3 Å². The van der Waals surface area contributed by atoms with Crippen LogP contribution in [-0.4, -0.2) is 105 Å². The molecule has 0 unspecified atom stereocenters. The molecule has 11 heteroatoms. The maximum Gasteiger partial charge on any atom is 0.146 e. The molecule has 0 fully saturated rings. The molecule has 0 saturated heterocycles. The van der Waals surface area contributed by atoms with Gasteiger partial charge in [0.25, 0.3) is 0 Å². The second-order valence-corrected chi connectivity index (χ2v) is 15.1. The lowest BCUT2D eigenvalue weighted by atomic mass is 9.86. The third-order valence-corrected chi connectivity index (χ3v) is 13.7. The summed E-state index contributed by atoms with van der Waals surface area (Å²) in [5.41, 5.74) is 0.0721. The Labute approximate surface area is 213 Å². The first kappa shape index (κ1) is 33.6. The molecular weight excluding hydrogens is 489 g/mol. The van der Waals surface area contributed by atoms with E-state index in [-0.39, 0.29) is 51.9 Å². The highest BCUT2D eigenvalue weighted by Crippen LogP contribution is 2.31. The molecule has 0 N–H and O–H groups in total. The highest BCUT2D eigenvalue weighted by atomic mass is 28.2. The lowest BCUT2D eigenvalue weighted by Gasteiger charge is -2.34. The average Bonchev–Trinajstić information content (AvgIpc) is 2.85. The molecule has 0 aliphatic rings. The van der Waals surface area contributed by atoms with Gasteiger partial charge in [-0.15, -0.1) is 0 Å². The molecule has 0 rings (SSSR count). The number of methoxy groups -OCH3 is 6. The standard InChI is InChI=1S/C22H54O7Si4/c1-23-19(24-2)31-16-10-7-13-22(29-30,14-8-11-17-32-20(25-3)26-4)15-9-12-18-33-21(27-5)28-6/h19-21H,7-18,31-33H2,1-6,30H3. The molecule has 0 aromatic rings. The molecule has 0 spiro atoms. The van der Waals surface area contributed by atoms with Crippen LogP contribution in [0, 0.1) is 0 Å². The van der Waals surface area contributed by atoms with Crippen LogP contribution < -0.4 is 0 Å². The third kappa shape index (κ3) is 16.8. The van der Waals surface area contributed by atoms with Gasteiger partial charge in [-0.2, -0.15) is 0 Å². The van der Waals surface area contributed by atoms with Gasteiger partial charge in [-0.1, -0.05) is 56.7 Å². The fraction of sp³-hybridized carbons (Fsp3) is 1.00. The Bertz CT molecular complexity index is 357. The van der Waals surface area contributed by atoms with Crippen LogP contribution >= 0.6 is 0 Å². The lowest BCUT2D eigenvalue weighted by Crippen LogP contribution is -2.32. The number of rotatable bonds is 25. The quantitative estimate of drug-likeness (QED) is 0.0970. The van der Waals surface area contributed by atoms with E-state index in [4.69, 9.17) is 32.8 Å². The van der Waals surface area contributed by atoms with Gasteiger partial charge in [0.1, 0.15) is 28.2 Å². The van der Waals surface area contributed by atoms with Crippen LogP contribution in [0.5, 0.6) is 0 Å². The normalized spacial score (nSPS) is 15.2. The Balaban J connectivity index is 4.55. The Morgan fingerprint density at radius 3 is 1.00 bits per heavy atom. The van der Waals surface area contributed by atoms with E-state index in [1.165, 1.54) is 75.9 Å². The Hall–Kier alpha value is 0.588. The van der Waals surface area contributed by atoms with E-state index in [1.54, 1.807) is 42.7 Å². The molecular formula is C22H54O7Si4. The summed E-state index contributed by atoms with van der Waals surface area (Å²) >= 11 is 0. The van der Waals surface area contributed by atoms with Gasteiger partial charge >= 0.3 is 0 Å². The van der Waals surface area contributed by atoms with E-state index < -0.39 is 0 Å². The second kappa shape index (κ2) is 23.0. The van der Waals surface area contributed by atoms with Crippen LogP contribution in [0.15, 0.2) is 0 Å². The molecule has 0 aliphatic heterocycles. The number of unbranched alkanes of at least 4 members (excludes halogenated alkanes) is 3. The zero-order valence-electron chi connectivity index (χ0n) is 22.7. The fourth-order valence-electron chi connectivity index (χ4n) is 4.48. The highest BCUT2D eigenvalue weighted by Gasteiger charge is 2.27. The first-order valence-corrected chi connectivity index (χ1v) is 19.0. The van der Waals surface area contributed by atoms with Crippen molar-refractivity contribution in [2.75, 3.05) is 42.7 Å². The molecule has 7 nitrogen and oxygen atoms in total. The predicted molar refractivity (Wildman–Crippen MR) is 149 cm³/mol. The minimum absolute atomic E-state index is 0.0592. The minimum atomic E-state index is -0.331. The molecule has 0 aliphatic carbocycles. The summed E-state index contributed by atoms with van der Waals surface area (Å²) in [6.07, 6.45) is 11.0. The van der Waals surface area contributed by atoms with Crippen molar-refractivity contribution in [2.24, 2.45) is 0 Å². The second-order valence-electron chi connectivity index (χ2n) is 8.89. The minimum Gasteiger partial charge on any atom is -0.422 e. The van der Waals surface area contributed by atoms with Crippen molar-refractivity contribution >= 4 is 39.0 Å². The van der Waals surface area contributed by atoms with E-state index in [2.05, 4.69) is 0 Å². The van der Waals surface area contributed by atoms with E-state index in [0.29, 0.717) is 0 Å². The third-order valence-electron chi connectivity index (χ3n) is 6.73. The van der Waals surface area contributed by atoms with Crippen LogP contribution in [0.1, 0.15) is 57.8 Å². The van der Waals surface area contributed by atoms with Crippen molar-refractivity contribution in [3.05, 3.63) is 0 Å². The summed E-state index contributed by atoms with van der Waals surface area (Å²) in [6.45, 7) is 0. The Morgan fingerprint density at radius 1 is 0.515 bits per heavy atom. The van der Waals surface area contributed by atoms with E-state index in [1.807, 2.05) is 0 Å². The van der Waals surface area contributed by atoms with Gasteiger partial charge in [0.2, 0.25) is 0 Å². The maximum atomic E-state index is 6.37. The largest absolute Gasteiger partial charge is 0.422 e. The van der Waals surface area contributed by atoms with Crippen molar-refractivity contribution < 1.29 is 32.8 Å².